The van der Waals surface area contributed by atoms with Gasteiger partial charge in [0.1, 0.15) is 0 Å². The third-order valence-corrected chi connectivity index (χ3v) is 5.14. The van der Waals surface area contributed by atoms with E-state index in [1.54, 1.807) is 0 Å². The van der Waals surface area contributed by atoms with Crippen LogP contribution in [0.4, 0.5) is 0 Å². The maximum Gasteiger partial charge on any atom is 0.221 e. The van der Waals surface area contributed by atoms with Crippen LogP contribution in [0, 0.1) is 6.92 Å². The second kappa shape index (κ2) is 11.3. The zero-order valence-corrected chi connectivity index (χ0v) is 17.3. The predicted molar refractivity (Wildman–Crippen MR) is 119 cm³/mol. The van der Waals surface area contributed by atoms with E-state index in [-0.39, 0.29) is 31.1 Å². The molecule has 156 valence electrons. The summed E-state index contributed by atoms with van der Waals surface area (Å²) in [4.78, 5) is 12.8. The van der Waals surface area contributed by atoms with Crippen LogP contribution >= 0.6 is 0 Å². The topological polar surface area (TPSA) is 58.6 Å². The van der Waals surface area contributed by atoms with E-state index in [0.29, 0.717) is 13.0 Å². The summed E-state index contributed by atoms with van der Waals surface area (Å²) in [7, 11) is 0. The zero-order chi connectivity index (χ0) is 21.2. The number of amides is 1. The van der Waals surface area contributed by atoms with Crippen molar-refractivity contribution in [3.05, 3.63) is 107 Å². The molecule has 2 N–H and O–H groups in total. The van der Waals surface area contributed by atoms with Crippen LogP contribution in [0.1, 0.15) is 40.7 Å². The molecule has 3 rings (SSSR count). The van der Waals surface area contributed by atoms with Gasteiger partial charge in [-0.15, -0.1) is 0 Å². The second-order valence-electron chi connectivity index (χ2n) is 7.38. The summed E-state index contributed by atoms with van der Waals surface area (Å²) in [5, 5.41) is 12.2. The average molecular weight is 404 g/mol. The van der Waals surface area contributed by atoms with Crippen molar-refractivity contribution in [1.82, 2.24) is 5.32 Å². The molecular weight excluding hydrogens is 374 g/mol. The highest BCUT2D eigenvalue weighted by molar-refractivity contribution is 5.77. The van der Waals surface area contributed by atoms with Gasteiger partial charge in [-0.3, -0.25) is 4.79 Å². The Morgan fingerprint density at radius 2 is 1.43 bits per heavy atom. The molecule has 1 unspecified atom stereocenters. The van der Waals surface area contributed by atoms with Gasteiger partial charge in [0.05, 0.1) is 19.3 Å². The Morgan fingerprint density at radius 3 is 1.97 bits per heavy atom. The van der Waals surface area contributed by atoms with E-state index >= 15 is 0 Å². The summed E-state index contributed by atoms with van der Waals surface area (Å²) in [5.74, 6) is -0.0407. The number of carbonyl (C=O) groups is 1. The van der Waals surface area contributed by atoms with E-state index in [1.165, 1.54) is 0 Å². The lowest BCUT2D eigenvalue weighted by Crippen LogP contribution is -2.31. The van der Waals surface area contributed by atoms with Gasteiger partial charge in [0, 0.05) is 18.9 Å². The van der Waals surface area contributed by atoms with Crippen molar-refractivity contribution < 1.29 is 14.6 Å². The summed E-state index contributed by atoms with van der Waals surface area (Å²) in [5.41, 5.74) is 4.38. The van der Waals surface area contributed by atoms with Gasteiger partial charge in [0.25, 0.3) is 0 Å². The summed E-state index contributed by atoms with van der Waals surface area (Å²) >= 11 is 0. The number of aryl methyl sites for hydroxylation is 1. The molecule has 1 atom stereocenters. The van der Waals surface area contributed by atoms with Crippen LogP contribution in [0.3, 0.4) is 0 Å². The molecule has 0 bridgehead atoms. The number of hydrogen-bond acceptors (Lipinski definition) is 3. The Morgan fingerprint density at radius 1 is 0.867 bits per heavy atom. The Labute approximate surface area is 178 Å². The third-order valence-electron chi connectivity index (χ3n) is 5.14. The first-order valence-electron chi connectivity index (χ1n) is 10.3. The minimum atomic E-state index is -0.298. The van der Waals surface area contributed by atoms with Crippen molar-refractivity contribution in [3.8, 4) is 0 Å². The highest BCUT2D eigenvalue weighted by Gasteiger charge is 2.19. The third kappa shape index (κ3) is 6.28. The molecule has 0 saturated heterocycles. The SMILES string of the molecule is Cc1ccc(C(CNC(=O)CC(c2ccccc2)c2ccccc2)OCCO)cc1. The lowest BCUT2D eigenvalue weighted by atomic mass is 9.88. The summed E-state index contributed by atoms with van der Waals surface area (Å²) in [6.45, 7) is 2.56. The zero-order valence-electron chi connectivity index (χ0n) is 17.3. The molecule has 30 heavy (non-hydrogen) atoms. The van der Waals surface area contributed by atoms with Gasteiger partial charge in [0.15, 0.2) is 0 Å². The van der Waals surface area contributed by atoms with Crippen molar-refractivity contribution in [2.75, 3.05) is 19.8 Å². The maximum atomic E-state index is 12.8. The molecule has 0 fully saturated rings. The van der Waals surface area contributed by atoms with Crippen molar-refractivity contribution >= 4 is 5.91 Å². The van der Waals surface area contributed by atoms with Crippen LogP contribution < -0.4 is 5.32 Å². The predicted octanol–water partition coefficient (Wildman–Crippen LogP) is 4.38. The van der Waals surface area contributed by atoms with Gasteiger partial charge in [-0.1, -0.05) is 90.5 Å². The lowest BCUT2D eigenvalue weighted by Gasteiger charge is -2.21. The van der Waals surface area contributed by atoms with E-state index in [9.17, 15) is 4.79 Å². The molecule has 0 aliphatic rings. The fraction of sp³-hybridized carbons (Fsp3) is 0.269. The fourth-order valence-electron chi connectivity index (χ4n) is 3.51. The molecule has 3 aromatic carbocycles. The van der Waals surface area contributed by atoms with Crippen LogP contribution in [-0.4, -0.2) is 30.8 Å². The second-order valence-corrected chi connectivity index (χ2v) is 7.38. The highest BCUT2D eigenvalue weighted by atomic mass is 16.5. The molecule has 4 nitrogen and oxygen atoms in total. The van der Waals surface area contributed by atoms with Gasteiger partial charge >= 0.3 is 0 Å². The Kier molecular flexibility index (Phi) is 8.19. The Bertz CT molecular complexity index is 855. The van der Waals surface area contributed by atoms with Crippen LogP contribution in [0.15, 0.2) is 84.9 Å². The standard InChI is InChI=1S/C26H29NO3/c1-20-12-14-23(15-13-20)25(30-17-16-28)19-27-26(29)18-24(21-8-4-2-5-9-21)22-10-6-3-7-11-22/h2-15,24-25,28H,16-19H2,1H3,(H,27,29). The largest absolute Gasteiger partial charge is 0.394 e. The minimum absolute atomic E-state index is 0.0106. The molecule has 0 spiro atoms. The normalized spacial score (nSPS) is 12.0. The molecule has 0 aliphatic carbocycles. The van der Waals surface area contributed by atoms with Crippen LogP contribution in [0.25, 0.3) is 0 Å². The minimum Gasteiger partial charge on any atom is -0.394 e. The van der Waals surface area contributed by atoms with E-state index in [4.69, 9.17) is 9.84 Å². The summed E-state index contributed by atoms with van der Waals surface area (Å²) in [6.07, 6.45) is 0.0582. The van der Waals surface area contributed by atoms with Gasteiger partial charge in [-0.25, -0.2) is 0 Å². The molecule has 1 amide bonds. The van der Waals surface area contributed by atoms with Gasteiger partial charge in [-0.05, 0) is 23.6 Å². The van der Waals surface area contributed by atoms with Crippen molar-refractivity contribution in [3.63, 3.8) is 0 Å². The molecule has 4 heteroatoms. The first-order valence-corrected chi connectivity index (χ1v) is 10.3. The quantitative estimate of drug-likeness (QED) is 0.528. The smallest absolute Gasteiger partial charge is 0.221 e. The Balaban J connectivity index is 1.68. The number of nitrogens with one attached hydrogen (secondary N) is 1. The maximum absolute atomic E-state index is 12.8. The number of hydrogen-bond donors (Lipinski definition) is 2. The van der Waals surface area contributed by atoms with Gasteiger partial charge in [-0.2, -0.15) is 0 Å². The van der Waals surface area contributed by atoms with E-state index < -0.39 is 0 Å². The fourth-order valence-corrected chi connectivity index (χ4v) is 3.51. The molecule has 0 heterocycles. The van der Waals surface area contributed by atoms with E-state index in [0.717, 1.165) is 22.3 Å². The van der Waals surface area contributed by atoms with Crippen molar-refractivity contribution in [2.45, 2.75) is 25.4 Å². The molecule has 3 aromatic rings. The lowest BCUT2D eigenvalue weighted by molar-refractivity contribution is -0.122. The summed E-state index contributed by atoms with van der Waals surface area (Å²) in [6, 6.07) is 28.2. The number of ether oxygens (including phenoxy) is 1. The average Bonchev–Trinajstić information content (AvgIpc) is 2.79. The van der Waals surface area contributed by atoms with Crippen LogP contribution in [0.2, 0.25) is 0 Å². The number of aliphatic hydroxyl groups excluding tert-OH is 1. The first kappa shape index (κ1) is 21.8. The van der Waals surface area contributed by atoms with Crippen molar-refractivity contribution in [2.24, 2.45) is 0 Å². The summed E-state index contributed by atoms with van der Waals surface area (Å²) < 4.78 is 5.78. The van der Waals surface area contributed by atoms with Gasteiger partial charge < -0.3 is 15.2 Å². The number of carbonyl (C=O) groups excluding carboxylic acids is 1. The van der Waals surface area contributed by atoms with Crippen LogP contribution in [0.5, 0.6) is 0 Å². The number of benzene rings is 3. The molecule has 0 radical (unpaired) electrons. The molecular formula is C26H29NO3. The Hall–Kier alpha value is -2.95. The number of rotatable bonds is 10. The molecule has 0 aliphatic heterocycles. The number of aliphatic hydroxyl groups is 1. The van der Waals surface area contributed by atoms with Crippen LogP contribution in [-0.2, 0) is 9.53 Å². The van der Waals surface area contributed by atoms with E-state index in [2.05, 4.69) is 29.6 Å². The van der Waals surface area contributed by atoms with E-state index in [1.807, 2.05) is 67.6 Å². The molecule has 0 saturated carbocycles. The van der Waals surface area contributed by atoms with Crippen molar-refractivity contribution in [1.29, 1.82) is 0 Å². The monoisotopic (exact) mass is 403 g/mol. The highest BCUT2D eigenvalue weighted by Crippen LogP contribution is 2.28. The van der Waals surface area contributed by atoms with Gasteiger partial charge in [0.2, 0.25) is 5.91 Å². The first-order chi connectivity index (χ1) is 14.7. The molecule has 0 aromatic heterocycles.